The normalized spacial score (nSPS) is 27.1. The zero-order valence-corrected chi connectivity index (χ0v) is 14.6. The first kappa shape index (κ1) is 16.3. The number of benzene rings is 1. The Morgan fingerprint density at radius 3 is 2.41 bits per heavy atom. The van der Waals surface area contributed by atoms with E-state index >= 15 is 0 Å². The first-order chi connectivity index (χ1) is 10.3. The van der Waals surface area contributed by atoms with Crippen LogP contribution in [0.5, 0.6) is 0 Å². The van der Waals surface area contributed by atoms with Crippen molar-refractivity contribution in [3.63, 3.8) is 0 Å². The third-order valence-electron chi connectivity index (χ3n) is 5.16. The second kappa shape index (κ2) is 5.83. The molecule has 0 saturated carbocycles. The van der Waals surface area contributed by atoms with Crippen LogP contribution in [0.15, 0.2) is 18.2 Å². The van der Waals surface area contributed by atoms with Crippen LogP contribution in [0.1, 0.15) is 52.0 Å². The molecule has 0 bridgehead atoms. The van der Waals surface area contributed by atoms with Gasteiger partial charge in [-0.25, -0.2) is 0 Å². The maximum Gasteiger partial charge on any atom is 0.495 e. The predicted octanol–water partition coefficient (Wildman–Crippen LogP) is 3.53. The Morgan fingerprint density at radius 2 is 1.82 bits per heavy atom. The SMILES string of the molecule is CC1(C)OB(c2ccc(Cl)cc2C2CCCOC2)OC1(C)C. The lowest BCUT2D eigenvalue weighted by Gasteiger charge is -2.32. The summed E-state index contributed by atoms with van der Waals surface area (Å²) in [5, 5.41) is 0.751. The minimum atomic E-state index is -0.348. The Hall–Kier alpha value is -0.545. The Labute approximate surface area is 138 Å². The van der Waals surface area contributed by atoms with Crippen molar-refractivity contribution in [1.82, 2.24) is 0 Å². The van der Waals surface area contributed by atoms with E-state index in [9.17, 15) is 0 Å². The molecule has 22 heavy (non-hydrogen) atoms. The number of hydrogen-bond acceptors (Lipinski definition) is 3. The van der Waals surface area contributed by atoms with Crippen LogP contribution < -0.4 is 5.46 Å². The summed E-state index contributed by atoms with van der Waals surface area (Å²) >= 11 is 6.23. The van der Waals surface area contributed by atoms with E-state index < -0.39 is 0 Å². The molecule has 2 saturated heterocycles. The highest BCUT2D eigenvalue weighted by molar-refractivity contribution is 6.62. The molecule has 0 aromatic heterocycles. The molecule has 2 heterocycles. The molecule has 2 fully saturated rings. The molecule has 0 aliphatic carbocycles. The molecule has 120 valence electrons. The fourth-order valence-electron chi connectivity index (χ4n) is 3.07. The Balaban J connectivity index is 1.94. The molecule has 5 heteroatoms. The predicted molar refractivity (Wildman–Crippen MR) is 90.0 cm³/mol. The molecule has 0 N–H and O–H groups in total. The van der Waals surface area contributed by atoms with E-state index in [-0.39, 0.29) is 18.3 Å². The van der Waals surface area contributed by atoms with Gasteiger partial charge in [0.1, 0.15) is 0 Å². The lowest BCUT2D eigenvalue weighted by Crippen LogP contribution is -2.41. The summed E-state index contributed by atoms with van der Waals surface area (Å²) in [7, 11) is -0.348. The molecular weight excluding hydrogens is 298 g/mol. The van der Waals surface area contributed by atoms with Crippen LogP contribution in [-0.4, -0.2) is 31.5 Å². The summed E-state index contributed by atoms with van der Waals surface area (Å²) in [6, 6.07) is 5.99. The van der Waals surface area contributed by atoms with Gasteiger partial charge in [0.25, 0.3) is 0 Å². The molecule has 1 unspecified atom stereocenters. The summed E-state index contributed by atoms with van der Waals surface area (Å²) in [6.45, 7) is 9.90. The Kier molecular flexibility index (Phi) is 4.32. The van der Waals surface area contributed by atoms with Crippen molar-refractivity contribution in [2.75, 3.05) is 13.2 Å². The van der Waals surface area contributed by atoms with Gasteiger partial charge in [0, 0.05) is 17.5 Å². The van der Waals surface area contributed by atoms with Crippen LogP contribution in [0.2, 0.25) is 5.02 Å². The lowest BCUT2D eigenvalue weighted by molar-refractivity contribution is 0.00578. The third kappa shape index (κ3) is 2.94. The fourth-order valence-corrected chi connectivity index (χ4v) is 3.25. The highest BCUT2D eigenvalue weighted by Crippen LogP contribution is 2.37. The van der Waals surface area contributed by atoms with Crippen molar-refractivity contribution in [2.24, 2.45) is 0 Å². The fraction of sp³-hybridized carbons (Fsp3) is 0.647. The molecular formula is C17H24BClO3. The summed E-state index contributed by atoms with van der Waals surface area (Å²) in [5.74, 6) is 0.362. The van der Waals surface area contributed by atoms with Crippen LogP contribution in [0, 0.1) is 0 Å². The average molecular weight is 323 g/mol. The summed E-state index contributed by atoms with van der Waals surface area (Å²) in [4.78, 5) is 0. The Morgan fingerprint density at radius 1 is 1.14 bits per heavy atom. The molecule has 1 aromatic carbocycles. The van der Waals surface area contributed by atoms with Gasteiger partial charge in [-0.15, -0.1) is 0 Å². The van der Waals surface area contributed by atoms with Gasteiger partial charge in [-0.3, -0.25) is 0 Å². The number of halogens is 1. The van der Waals surface area contributed by atoms with E-state index in [0.29, 0.717) is 5.92 Å². The molecule has 0 spiro atoms. The van der Waals surface area contributed by atoms with Crippen LogP contribution in [0.25, 0.3) is 0 Å². The minimum Gasteiger partial charge on any atom is -0.399 e. The van der Waals surface area contributed by atoms with E-state index in [1.165, 1.54) is 5.56 Å². The van der Waals surface area contributed by atoms with E-state index in [2.05, 4.69) is 27.7 Å². The van der Waals surface area contributed by atoms with Gasteiger partial charge in [0.2, 0.25) is 0 Å². The average Bonchev–Trinajstić information content (AvgIpc) is 2.68. The summed E-state index contributed by atoms with van der Waals surface area (Å²) in [6.07, 6.45) is 2.20. The first-order valence-electron chi connectivity index (χ1n) is 8.03. The van der Waals surface area contributed by atoms with E-state index in [0.717, 1.165) is 36.5 Å². The van der Waals surface area contributed by atoms with Gasteiger partial charge < -0.3 is 14.0 Å². The van der Waals surface area contributed by atoms with Gasteiger partial charge >= 0.3 is 7.12 Å². The van der Waals surface area contributed by atoms with Crippen molar-refractivity contribution in [2.45, 2.75) is 57.7 Å². The molecule has 0 amide bonds. The van der Waals surface area contributed by atoms with E-state index in [4.69, 9.17) is 25.6 Å². The zero-order chi connectivity index (χ0) is 16.0. The molecule has 3 rings (SSSR count). The van der Waals surface area contributed by atoms with Crippen LogP contribution in [0.3, 0.4) is 0 Å². The van der Waals surface area contributed by atoms with Crippen LogP contribution in [-0.2, 0) is 14.0 Å². The van der Waals surface area contributed by atoms with Crippen molar-refractivity contribution in [1.29, 1.82) is 0 Å². The summed E-state index contributed by atoms with van der Waals surface area (Å²) < 4.78 is 18.1. The highest BCUT2D eigenvalue weighted by atomic mass is 35.5. The van der Waals surface area contributed by atoms with Crippen molar-refractivity contribution >= 4 is 24.2 Å². The van der Waals surface area contributed by atoms with Gasteiger partial charge in [-0.2, -0.15) is 0 Å². The van der Waals surface area contributed by atoms with Gasteiger partial charge in [0.05, 0.1) is 17.8 Å². The van der Waals surface area contributed by atoms with Gasteiger partial charge in [-0.05, 0) is 63.7 Å². The summed E-state index contributed by atoms with van der Waals surface area (Å²) in [5.41, 5.74) is 1.61. The van der Waals surface area contributed by atoms with Gasteiger partial charge in [0.15, 0.2) is 0 Å². The quantitative estimate of drug-likeness (QED) is 0.780. The van der Waals surface area contributed by atoms with Crippen molar-refractivity contribution in [3.05, 3.63) is 28.8 Å². The Bertz CT molecular complexity index is 537. The van der Waals surface area contributed by atoms with Gasteiger partial charge in [-0.1, -0.05) is 17.7 Å². The maximum absolute atomic E-state index is 6.23. The van der Waals surface area contributed by atoms with Crippen molar-refractivity contribution < 1.29 is 14.0 Å². The monoisotopic (exact) mass is 322 g/mol. The second-order valence-corrected chi connectivity index (χ2v) is 7.71. The molecule has 3 nitrogen and oxygen atoms in total. The number of ether oxygens (including phenoxy) is 1. The molecule has 1 atom stereocenters. The smallest absolute Gasteiger partial charge is 0.399 e. The lowest BCUT2D eigenvalue weighted by atomic mass is 9.72. The topological polar surface area (TPSA) is 27.7 Å². The van der Waals surface area contributed by atoms with E-state index in [1.807, 2.05) is 18.2 Å². The second-order valence-electron chi connectivity index (χ2n) is 7.28. The third-order valence-corrected chi connectivity index (χ3v) is 5.39. The van der Waals surface area contributed by atoms with Crippen LogP contribution >= 0.6 is 11.6 Å². The molecule has 2 aliphatic rings. The number of hydrogen-bond donors (Lipinski definition) is 0. The standard InChI is InChI=1S/C17H24BClO3/c1-16(2)17(3,4)22-18(21-16)15-8-7-13(19)10-14(15)12-6-5-9-20-11-12/h7-8,10,12H,5-6,9,11H2,1-4H3. The molecule has 2 aliphatic heterocycles. The molecule has 1 aromatic rings. The van der Waals surface area contributed by atoms with Crippen LogP contribution in [0.4, 0.5) is 0 Å². The minimum absolute atomic E-state index is 0.336. The van der Waals surface area contributed by atoms with Crippen molar-refractivity contribution in [3.8, 4) is 0 Å². The molecule has 0 radical (unpaired) electrons. The van der Waals surface area contributed by atoms with E-state index in [1.54, 1.807) is 0 Å². The first-order valence-corrected chi connectivity index (χ1v) is 8.41. The number of rotatable bonds is 2. The highest BCUT2D eigenvalue weighted by Gasteiger charge is 2.52. The zero-order valence-electron chi connectivity index (χ0n) is 13.8. The largest absolute Gasteiger partial charge is 0.495 e. The maximum atomic E-state index is 6.23.